The molecule has 1 aliphatic heterocycles. The molecular formula is C9H4F5NO3. The van der Waals surface area contributed by atoms with Gasteiger partial charge in [-0.3, -0.25) is 4.79 Å². The van der Waals surface area contributed by atoms with Crippen molar-refractivity contribution in [1.29, 1.82) is 0 Å². The quantitative estimate of drug-likeness (QED) is 0.662. The highest BCUT2D eigenvalue weighted by molar-refractivity contribution is 5.73. The summed E-state index contributed by atoms with van der Waals surface area (Å²) in [6.45, 7) is 0. The minimum Gasteiger partial charge on any atom is -0.421 e. The Kier molecular flexibility index (Phi) is 2.56. The van der Waals surface area contributed by atoms with Gasteiger partial charge in [-0.05, 0) is 0 Å². The molecule has 0 radical (unpaired) electrons. The topological polar surface area (TPSA) is 47.6 Å². The van der Waals surface area contributed by atoms with Crippen molar-refractivity contribution in [1.82, 2.24) is 0 Å². The van der Waals surface area contributed by atoms with E-state index in [1.807, 2.05) is 5.32 Å². The van der Waals surface area contributed by atoms with Crippen molar-refractivity contribution in [3.8, 4) is 11.5 Å². The molecule has 0 atom stereocenters. The largest absolute Gasteiger partial charge is 0.507 e. The van der Waals surface area contributed by atoms with Crippen molar-refractivity contribution >= 4 is 12.1 Å². The van der Waals surface area contributed by atoms with E-state index in [1.165, 1.54) is 0 Å². The summed E-state index contributed by atoms with van der Waals surface area (Å²) >= 11 is 0. The fraction of sp³-hybridized carbons (Fsp3) is 0.222. The van der Waals surface area contributed by atoms with Gasteiger partial charge in [-0.1, -0.05) is 0 Å². The van der Waals surface area contributed by atoms with Gasteiger partial charge in [-0.2, -0.15) is 17.6 Å². The number of benzene rings is 1. The summed E-state index contributed by atoms with van der Waals surface area (Å²) in [5, 5.41) is 1.85. The Morgan fingerprint density at radius 1 is 1.06 bits per heavy atom. The maximum atomic E-state index is 13.2. The number of anilines is 1. The van der Waals surface area contributed by atoms with Crippen LogP contribution in [0.3, 0.4) is 0 Å². The van der Waals surface area contributed by atoms with Crippen LogP contribution >= 0.6 is 0 Å². The summed E-state index contributed by atoms with van der Waals surface area (Å²) in [4.78, 5) is 10.1. The molecule has 0 aromatic heterocycles. The number of carbonyl (C=O) groups excluding carboxylic acids is 1. The number of fused-ring (bicyclic) bond motifs is 1. The van der Waals surface area contributed by atoms with Crippen LogP contribution < -0.4 is 14.8 Å². The molecule has 4 nitrogen and oxygen atoms in total. The van der Waals surface area contributed by atoms with Crippen molar-refractivity contribution in [2.24, 2.45) is 0 Å². The lowest BCUT2D eigenvalue weighted by Gasteiger charge is -2.31. The summed E-state index contributed by atoms with van der Waals surface area (Å²) in [5.41, 5.74) is -0.506. The molecule has 0 bridgehead atoms. The number of alkyl halides is 4. The number of halogens is 5. The molecule has 0 fully saturated rings. The fourth-order valence-corrected chi connectivity index (χ4v) is 1.26. The predicted molar refractivity (Wildman–Crippen MR) is 47.2 cm³/mol. The third kappa shape index (κ3) is 1.81. The van der Waals surface area contributed by atoms with Crippen molar-refractivity contribution in [2.45, 2.75) is 12.2 Å². The highest BCUT2D eigenvalue weighted by Crippen LogP contribution is 2.48. The van der Waals surface area contributed by atoms with Gasteiger partial charge in [0, 0.05) is 12.1 Å². The van der Waals surface area contributed by atoms with Gasteiger partial charge in [0.15, 0.2) is 17.3 Å². The maximum Gasteiger partial charge on any atom is 0.507 e. The first-order chi connectivity index (χ1) is 8.27. The normalized spacial score (nSPS) is 19.2. The SMILES string of the molecule is O=CNc1cc2c(cc1F)OC(F)(F)C(F)(F)O2. The Labute approximate surface area is 96.3 Å². The van der Waals surface area contributed by atoms with E-state index < -0.39 is 35.2 Å². The van der Waals surface area contributed by atoms with E-state index in [2.05, 4.69) is 9.47 Å². The minimum absolute atomic E-state index is 0.0846. The van der Waals surface area contributed by atoms with E-state index in [0.717, 1.165) is 0 Å². The van der Waals surface area contributed by atoms with Crippen LogP contribution in [0.4, 0.5) is 27.6 Å². The van der Waals surface area contributed by atoms with Gasteiger partial charge in [0.1, 0.15) is 0 Å². The molecule has 2 rings (SSSR count). The second kappa shape index (κ2) is 3.72. The molecule has 0 unspecified atom stereocenters. The molecule has 1 aromatic rings. The van der Waals surface area contributed by atoms with Gasteiger partial charge >= 0.3 is 12.2 Å². The van der Waals surface area contributed by atoms with Crippen LogP contribution in [0.25, 0.3) is 0 Å². The average Bonchev–Trinajstić information content (AvgIpc) is 2.22. The molecular weight excluding hydrogens is 265 g/mol. The lowest BCUT2D eigenvalue weighted by atomic mass is 10.2. The molecule has 18 heavy (non-hydrogen) atoms. The third-order valence-corrected chi connectivity index (χ3v) is 2.06. The summed E-state index contributed by atoms with van der Waals surface area (Å²) in [7, 11) is 0. The third-order valence-electron chi connectivity index (χ3n) is 2.06. The van der Waals surface area contributed by atoms with E-state index in [1.54, 1.807) is 0 Å². The van der Waals surface area contributed by atoms with Crippen molar-refractivity contribution in [3.05, 3.63) is 17.9 Å². The van der Waals surface area contributed by atoms with Crippen LogP contribution in [-0.4, -0.2) is 18.6 Å². The molecule has 1 aliphatic rings. The number of amides is 1. The number of ether oxygens (including phenoxy) is 2. The molecule has 0 spiro atoms. The Bertz CT molecular complexity index is 505. The van der Waals surface area contributed by atoms with E-state index in [4.69, 9.17) is 0 Å². The van der Waals surface area contributed by atoms with E-state index >= 15 is 0 Å². The first-order valence-corrected chi connectivity index (χ1v) is 4.44. The van der Waals surface area contributed by atoms with Crippen LogP contribution in [-0.2, 0) is 4.79 Å². The second-order valence-corrected chi connectivity index (χ2v) is 3.28. The fourth-order valence-electron chi connectivity index (χ4n) is 1.26. The molecule has 1 aromatic carbocycles. The number of carbonyl (C=O) groups is 1. The second-order valence-electron chi connectivity index (χ2n) is 3.28. The van der Waals surface area contributed by atoms with Gasteiger partial charge in [-0.25, -0.2) is 4.39 Å². The zero-order valence-electron chi connectivity index (χ0n) is 8.35. The number of hydrogen-bond donors (Lipinski definition) is 1. The highest BCUT2D eigenvalue weighted by Gasteiger charge is 2.66. The van der Waals surface area contributed by atoms with Crippen LogP contribution in [0.2, 0.25) is 0 Å². The van der Waals surface area contributed by atoms with Crippen molar-refractivity contribution < 1.29 is 36.2 Å². The van der Waals surface area contributed by atoms with E-state index in [0.29, 0.717) is 12.1 Å². The van der Waals surface area contributed by atoms with Crippen LogP contribution in [0.15, 0.2) is 12.1 Å². The maximum absolute atomic E-state index is 13.2. The Morgan fingerprint density at radius 3 is 2.06 bits per heavy atom. The average molecular weight is 269 g/mol. The van der Waals surface area contributed by atoms with Crippen LogP contribution in [0.1, 0.15) is 0 Å². The van der Waals surface area contributed by atoms with Crippen molar-refractivity contribution in [3.63, 3.8) is 0 Å². The van der Waals surface area contributed by atoms with Gasteiger partial charge < -0.3 is 14.8 Å². The number of nitrogens with one attached hydrogen (secondary N) is 1. The number of hydrogen-bond acceptors (Lipinski definition) is 3. The minimum atomic E-state index is -4.91. The number of rotatable bonds is 2. The molecule has 0 saturated carbocycles. The van der Waals surface area contributed by atoms with Crippen molar-refractivity contribution in [2.75, 3.05) is 5.32 Å². The molecule has 98 valence electrons. The van der Waals surface area contributed by atoms with Crippen LogP contribution in [0.5, 0.6) is 11.5 Å². The first-order valence-electron chi connectivity index (χ1n) is 4.44. The van der Waals surface area contributed by atoms with Gasteiger partial charge in [0.25, 0.3) is 0 Å². The monoisotopic (exact) mass is 269 g/mol. The molecule has 0 saturated heterocycles. The van der Waals surface area contributed by atoms with Gasteiger partial charge in [-0.15, -0.1) is 0 Å². The van der Waals surface area contributed by atoms with Gasteiger partial charge in [0.2, 0.25) is 6.41 Å². The molecule has 1 heterocycles. The lowest BCUT2D eigenvalue weighted by Crippen LogP contribution is -2.52. The van der Waals surface area contributed by atoms with Crippen LogP contribution in [0, 0.1) is 5.82 Å². The first kappa shape index (κ1) is 12.4. The van der Waals surface area contributed by atoms with E-state index in [-0.39, 0.29) is 6.41 Å². The molecule has 1 N–H and O–H groups in total. The summed E-state index contributed by atoms with van der Waals surface area (Å²) in [5.74, 6) is -2.83. The smallest absolute Gasteiger partial charge is 0.421 e. The summed E-state index contributed by atoms with van der Waals surface area (Å²) in [6, 6.07) is 1.02. The molecule has 0 aliphatic carbocycles. The Balaban J connectivity index is 2.47. The summed E-state index contributed by atoms with van der Waals surface area (Å²) in [6.07, 6.45) is -9.72. The summed E-state index contributed by atoms with van der Waals surface area (Å²) < 4.78 is 71.7. The standard InChI is InChI=1S/C9H4F5NO3/c10-4-1-6-7(2-5(4)15-3-16)18-9(13,14)8(11,12)17-6/h1-3H,(H,15,16). The lowest BCUT2D eigenvalue weighted by molar-refractivity contribution is -0.391. The zero-order chi connectivity index (χ0) is 13.6. The highest BCUT2D eigenvalue weighted by atomic mass is 19.3. The van der Waals surface area contributed by atoms with E-state index in [9.17, 15) is 26.7 Å². The predicted octanol–water partition coefficient (Wildman–Crippen LogP) is 2.35. The molecule has 1 amide bonds. The van der Waals surface area contributed by atoms with Gasteiger partial charge in [0.05, 0.1) is 5.69 Å². The Hall–Kier alpha value is -2.06. The molecule has 9 heteroatoms. The Morgan fingerprint density at radius 2 is 1.56 bits per heavy atom. The zero-order valence-corrected chi connectivity index (χ0v) is 8.35.